The molecule has 0 spiro atoms. The van der Waals surface area contributed by atoms with Crippen LogP contribution in [0.25, 0.3) is 10.9 Å². The molecule has 0 aliphatic rings. The minimum absolute atomic E-state index is 0.420. The lowest BCUT2D eigenvalue weighted by molar-refractivity contribution is 0.397. The fraction of sp³-hybridized carbons (Fsp3) is 0.438. The zero-order chi connectivity index (χ0) is 14.7. The first kappa shape index (κ1) is 14.6. The van der Waals surface area contributed by atoms with E-state index < -0.39 is 0 Å². The maximum absolute atomic E-state index is 5.70. The van der Waals surface area contributed by atoms with Crippen molar-refractivity contribution in [1.29, 1.82) is 0 Å². The lowest BCUT2D eigenvalue weighted by Crippen LogP contribution is -2.14. The minimum atomic E-state index is 0.420. The van der Waals surface area contributed by atoms with E-state index in [1.54, 1.807) is 14.2 Å². The molecular formula is C16H22N2O2. The highest BCUT2D eigenvalue weighted by Gasteiger charge is 2.12. The van der Waals surface area contributed by atoms with Crippen LogP contribution in [0, 0.1) is 12.8 Å². The van der Waals surface area contributed by atoms with Gasteiger partial charge in [0.15, 0.2) is 0 Å². The predicted octanol–water partition coefficient (Wildman–Crippen LogP) is 2.70. The second kappa shape index (κ2) is 6.09. The predicted molar refractivity (Wildman–Crippen MR) is 81.5 cm³/mol. The van der Waals surface area contributed by atoms with Crippen LogP contribution >= 0.6 is 0 Å². The van der Waals surface area contributed by atoms with Crippen LogP contribution in [0.15, 0.2) is 18.2 Å². The number of nitrogens with zero attached hydrogens (tertiary/aromatic N) is 1. The van der Waals surface area contributed by atoms with Crippen LogP contribution < -0.4 is 15.2 Å². The Labute approximate surface area is 119 Å². The van der Waals surface area contributed by atoms with Gasteiger partial charge in [-0.05, 0) is 43.5 Å². The van der Waals surface area contributed by atoms with E-state index in [0.29, 0.717) is 12.5 Å². The molecule has 1 aromatic carbocycles. The van der Waals surface area contributed by atoms with Gasteiger partial charge in [0.1, 0.15) is 17.0 Å². The normalized spacial score (nSPS) is 12.4. The van der Waals surface area contributed by atoms with Gasteiger partial charge < -0.3 is 15.2 Å². The first-order valence-corrected chi connectivity index (χ1v) is 6.81. The Bertz CT molecular complexity index is 611. The molecule has 2 aromatic rings. The molecule has 0 fully saturated rings. The zero-order valence-corrected chi connectivity index (χ0v) is 12.6. The van der Waals surface area contributed by atoms with Crippen LogP contribution in [-0.2, 0) is 6.42 Å². The molecule has 2 N–H and O–H groups in total. The minimum Gasteiger partial charge on any atom is -0.497 e. The third kappa shape index (κ3) is 2.85. The summed E-state index contributed by atoms with van der Waals surface area (Å²) in [5, 5.41) is 1.06. The molecule has 0 aliphatic carbocycles. The first-order valence-electron chi connectivity index (χ1n) is 6.81. The molecule has 0 saturated carbocycles. The fourth-order valence-corrected chi connectivity index (χ4v) is 2.32. The zero-order valence-electron chi connectivity index (χ0n) is 12.6. The molecule has 0 radical (unpaired) electrons. The number of aryl methyl sites for hydroxylation is 1. The smallest absolute Gasteiger partial charge is 0.148 e. The molecular weight excluding hydrogens is 252 g/mol. The van der Waals surface area contributed by atoms with Crippen molar-refractivity contribution >= 4 is 10.9 Å². The number of ether oxygens (including phenoxy) is 2. The fourth-order valence-electron chi connectivity index (χ4n) is 2.32. The summed E-state index contributed by atoms with van der Waals surface area (Å²) in [5.74, 6) is 1.94. The Morgan fingerprint density at radius 2 is 1.95 bits per heavy atom. The Hall–Kier alpha value is -1.81. The van der Waals surface area contributed by atoms with Crippen LogP contribution in [0.2, 0.25) is 0 Å². The highest BCUT2D eigenvalue weighted by Crippen LogP contribution is 2.32. The van der Waals surface area contributed by atoms with Gasteiger partial charge in [-0.25, -0.2) is 4.98 Å². The number of nitrogens with two attached hydrogens (primary N) is 1. The molecule has 4 heteroatoms. The summed E-state index contributed by atoms with van der Waals surface area (Å²) in [4.78, 5) is 4.73. The van der Waals surface area contributed by atoms with Gasteiger partial charge in [0, 0.05) is 17.1 Å². The lowest BCUT2D eigenvalue weighted by atomic mass is 10.0. The van der Waals surface area contributed by atoms with Gasteiger partial charge in [0.25, 0.3) is 0 Å². The van der Waals surface area contributed by atoms with E-state index in [0.717, 1.165) is 34.5 Å². The third-order valence-corrected chi connectivity index (χ3v) is 3.53. The van der Waals surface area contributed by atoms with Gasteiger partial charge in [0.2, 0.25) is 0 Å². The van der Waals surface area contributed by atoms with Crippen molar-refractivity contribution < 1.29 is 9.47 Å². The van der Waals surface area contributed by atoms with E-state index in [2.05, 4.69) is 19.9 Å². The molecule has 1 aromatic heterocycles. The molecule has 0 saturated heterocycles. The van der Waals surface area contributed by atoms with E-state index in [4.69, 9.17) is 20.2 Å². The molecule has 2 rings (SSSR count). The van der Waals surface area contributed by atoms with Gasteiger partial charge in [-0.1, -0.05) is 6.92 Å². The second-order valence-corrected chi connectivity index (χ2v) is 5.20. The largest absolute Gasteiger partial charge is 0.497 e. The van der Waals surface area contributed by atoms with Crippen LogP contribution in [0.1, 0.15) is 18.2 Å². The molecule has 1 unspecified atom stereocenters. The molecule has 108 valence electrons. The van der Waals surface area contributed by atoms with Crippen LogP contribution in [0.3, 0.4) is 0 Å². The third-order valence-electron chi connectivity index (χ3n) is 3.53. The number of benzene rings is 1. The van der Waals surface area contributed by atoms with Crippen molar-refractivity contribution in [2.75, 3.05) is 20.8 Å². The van der Waals surface area contributed by atoms with Crippen LogP contribution in [0.5, 0.6) is 11.5 Å². The lowest BCUT2D eigenvalue weighted by Gasteiger charge is -2.13. The van der Waals surface area contributed by atoms with E-state index in [9.17, 15) is 0 Å². The maximum atomic E-state index is 5.70. The monoisotopic (exact) mass is 274 g/mol. The van der Waals surface area contributed by atoms with Gasteiger partial charge in [-0.2, -0.15) is 0 Å². The quantitative estimate of drug-likeness (QED) is 0.910. The van der Waals surface area contributed by atoms with E-state index in [1.165, 1.54) is 5.56 Å². The van der Waals surface area contributed by atoms with E-state index in [-0.39, 0.29) is 0 Å². The van der Waals surface area contributed by atoms with Crippen molar-refractivity contribution in [2.24, 2.45) is 11.7 Å². The van der Waals surface area contributed by atoms with Crippen molar-refractivity contribution in [3.05, 3.63) is 29.5 Å². The molecule has 20 heavy (non-hydrogen) atoms. The van der Waals surface area contributed by atoms with Crippen molar-refractivity contribution in [3.8, 4) is 11.5 Å². The molecule has 4 nitrogen and oxygen atoms in total. The van der Waals surface area contributed by atoms with Crippen molar-refractivity contribution in [2.45, 2.75) is 20.3 Å². The van der Waals surface area contributed by atoms with Gasteiger partial charge >= 0.3 is 0 Å². The summed E-state index contributed by atoms with van der Waals surface area (Å²) < 4.78 is 10.8. The van der Waals surface area contributed by atoms with E-state index >= 15 is 0 Å². The molecule has 1 heterocycles. The molecule has 1 atom stereocenters. The summed E-state index contributed by atoms with van der Waals surface area (Å²) in [5.41, 5.74) is 8.80. The van der Waals surface area contributed by atoms with Crippen molar-refractivity contribution in [3.63, 3.8) is 0 Å². The number of hydrogen-bond acceptors (Lipinski definition) is 4. The highest BCUT2D eigenvalue weighted by atomic mass is 16.5. The van der Waals surface area contributed by atoms with E-state index in [1.807, 2.05) is 12.1 Å². The second-order valence-electron chi connectivity index (χ2n) is 5.20. The maximum Gasteiger partial charge on any atom is 0.148 e. The number of rotatable bonds is 5. The Morgan fingerprint density at radius 1 is 1.20 bits per heavy atom. The topological polar surface area (TPSA) is 57.4 Å². The van der Waals surface area contributed by atoms with Gasteiger partial charge in [-0.3, -0.25) is 0 Å². The average Bonchev–Trinajstić information content (AvgIpc) is 2.46. The number of aromatic nitrogens is 1. The number of fused-ring (bicyclic) bond motifs is 1. The Morgan fingerprint density at radius 3 is 2.55 bits per heavy atom. The number of pyridine rings is 1. The number of hydrogen-bond donors (Lipinski definition) is 1. The SMILES string of the molecule is COc1cc(OC)c2nc(CC(C)CN)cc(C)c2c1. The first-order chi connectivity index (χ1) is 9.58. The number of methoxy groups -OCH3 is 2. The average molecular weight is 274 g/mol. The summed E-state index contributed by atoms with van der Waals surface area (Å²) in [6.07, 6.45) is 0.877. The molecule has 0 amide bonds. The Balaban J connectivity index is 2.57. The summed E-state index contributed by atoms with van der Waals surface area (Å²) >= 11 is 0. The van der Waals surface area contributed by atoms with Crippen LogP contribution in [-0.4, -0.2) is 25.7 Å². The standard InChI is InChI=1S/C16H22N2O2/c1-10(9-17)5-12-6-11(2)14-7-13(19-3)8-15(20-4)16(14)18-12/h6-8,10H,5,9,17H2,1-4H3. The highest BCUT2D eigenvalue weighted by molar-refractivity contribution is 5.89. The van der Waals surface area contributed by atoms with Crippen LogP contribution in [0.4, 0.5) is 0 Å². The Kier molecular flexibility index (Phi) is 4.45. The van der Waals surface area contributed by atoms with Gasteiger partial charge in [-0.15, -0.1) is 0 Å². The van der Waals surface area contributed by atoms with Crippen molar-refractivity contribution in [1.82, 2.24) is 4.98 Å². The molecule has 0 aliphatic heterocycles. The summed E-state index contributed by atoms with van der Waals surface area (Å²) in [7, 11) is 3.31. The van der Waals surface area contributed by atoms with Gasteiger partial charge in [0.05, 0.1) is 14.2 Å². The summed E-state index contributed by atoms with van der Waals surface area (Å²) in [6, 6.07) is 5.98. The summed E-state index contributed by atoms with van der Waals surface area (Å²) in [6.45, 7) is 4.88. The molecule has 0 bridgehead atoms.